The van der Waals surface area contributed by atoms with Gasteiger partial charge in [0.15, 0.2) is 0 Å². The molecule has 0 aromatic heterocycles. The van der Waals surface area contributed by atoms with Gasteiger partial charge in [-0.25, -0.2) is 0 Å². The van der Waals surface area contributed by atoms with Gasteiger partial charge in [0.05, 0.1) is 26.9 Å². The van der Waals surface area contributed by atoms with E-state index in [2.05, 4.69) is 6.92 Å². The summed E-state index contributed by atoms with van der Waals surface area (Å²) >= 11 is 0. The van der Waals surface area contributed by atoms with Crippen molar-refractivity contribution in [2.45, 2.75) is 25.8 Å². The number of rotatable bonds is 6. The quantitative estimate of drug-likeness (QED) is 0.828. The number of hydrogen-bond acceptors (Lipinski definition) is 4. The molecular weight excluding hydrogens is 218 g/mol. The van der Waals surface area contributed by atoms with Gasteiger partial charge in [0.25, 0.3) is 0 Å². The van der Waals surface area contributed by atoms with Gasteiger partial charge in [-0.2, -0.15) is 0 Å². The first-order valence-corrected chi connectivity index (χ1v) is 5.73. The van der Waals surface area contributed by atoms with Gasteiger partial charge in [0.2, 0.25) is 0 Å². The van der Waals surface area contributed by atoms with Crippen LogP contribution in [0.4, 0.5) is 0 Å². The minimum atomic E-state index is -0.0872. The van der Waals surface area contributed by atoms with E-state index in [1.165, 1.54) is 0 Å². The SMILES string of the molecule is CCC[C@@H](N)c1c(OC)cc(OC)cc1OC. The third-order valence-corrected chi connectivity index (χ3v) is 2.72. The lowest BCUT2D eigenvalue weighted by atomic mass is 10.0. The lowest BCUT2D eigenvalue weighted by Crippen LogP contribution is -2.13. The highest BCUT2D eigenvalue weighted by atomic mass is 16.5. The second-order valence-electron chi connectivity index (χ2n) is 3.84. The van der Waals surface area contributed by atoms with Gasteiger partial charge in [-0.1, -0.05) is 13.3 Å². The van der Waals surface area contributed by atoms with Crippen LogP contribution in [0.5, 0.6) is 17.2 Å². The van der Waals surface area contributed by atoms with Crippen molar-refractivity contribution >= 4 is 0 Å². The summed E-state index contributed by atoms with van der Waals surface area (Å²) in [6.45, 7) is 2.10. The van der Waals surface area contributed by atoms with Gasteiger partial charge in [0, 0.05) is 18.2 Å². The lowest BCUT2D eigenvalue weighted by Gasteiger charge is -2.19. The molecule has 0 saturated carbocycles. The van der Waals surface area contributed by atoms with Crippen LogP contribution in [0.25, 0.3) is 0 Å². The maximum atomic E-state index is 6.15. The summed E-state index contributed by atoms with van der Waals surface area (Å²) in [5, 5.41) is 0. The Morgan fingerprint density at radius 2 is 1.59 bits per heavy atom. The van der Waals surface area contributed by atoms with Crippen LogP contribution in [0.3, 0.4) is 0 Å². The van der Waals surface area contributed by atoms with Gasteiger partial charge in [-0.15, -0.1) is 0 Å². The summed E-state index contributed by atoms with van der Waals surface area (Å²) in [5.74, 6) is 2.12. The first-order chi connectivity index (χ1) is 8.17. The third-order valence-electron chi connectivity index (χ3n) is 2.72. The normalized spacial score (nSPS) is 12.1. The predicted octanol–water partition coefficient (Wildman–Crippen LogP) is 2.51. The van der Waals surface area contributed by atoms with E-state index in [0.717, 1.165) is 18.4 Å². The molecule has 17 heavy (non-hydrogen) atoms. The summed E-state index contributed by atoms with van der Waals surface area (Å²) in [5.41, 5.74) is 7.05. The molecule has 0 amide bonds. The molecule has 4 heteroatoms. The van der Waals surface area contributed by atoms with Crippen LogP contribution in [0.15, 0.2) is 12.1 Å². The summed E-state index contributed by atoms with van der Waals surface area (Å²) in [7, 11) is 4.85. The van der Waals surface area contributed by atoms with E-state index in [4.69, 9.17) is 19.9 Å². The minimum Gasteiger partial charge on any atom is -0.496 e. The summed E-state index contributed by atoms with van der Waals surface area (Å²) in [4.78, 5) is 0. The van der Waals surface area contributed by atoms with Gasteiger partial charge in [-0.3, -0.25) is 0 Å². The highest BCUT2D eigenvalue weighted by Crippen LogP contribution is 2.38. The van der Waals surface area contributed by atoms with E-state index in [0.29, 0.717) is 17.2 Å². The highest BCUT2D eigenvalue weighted by Gasteiger charge is 2.18. The average Bonchev–Trinajstić information content (AvgIpc) is 2.37. The fourth-order valence-corrected chi connectivity index (χ4v) is 1.85. The smallest absolute Gasteiger partial charge is 0.131 e. The zero-order valence-corrected chi connectivity index (χ0v) is 10.9. The molecule has 96 valence electrons. The Balaban J connectivity index is 3.23. The predicted molar refractivity (Wildman–Crippen MR) is 67.9 cm³/mol. The van der Waals surface area contributed by atoms with Gasteiger partial charge in [0.1, 0.15) is 17.2 Å². The van der Waals surface area contributed by atoms with E-state index >= 15 is 0 Å². The Hall–Kier alpha value is -1.42. The van der Waals surface area contributed by atoms with Crippen molar-refractivity contribution in [3.8, 4) is 17.2 Å². The van der Waals surface area contributed by atoms with Crippen molar-refractivity contribution in [1.82, 2.24) is 0 Å². The van der Waals surface area contributed by atoms with Crippen LogP contribution in [-0.4, -0.2) is 21.3 Å². The van der Waals surface area contributed by atoms with Crippen molar-refractivity contribution in [2.75, 3.05) is 21.3 Å². The summed E-state index contributed by atoms with van der Waals surface area (Å²) in [6.07, 6.45) is 1.90. The van der Waals surface area contributed by atoms with Crippen LogP contribution in [0, 0.1) is 0 Å². The Kier molecular flexibility index (Phi) is 5.10. The molecule has 0 unspecified atom stereocenters. The molecule has 1 atom stereocenters. The van der Waals surface area contributed by atoms with Crippen molar-refractivity contribution in [1.29, 1.82) is 0 Å². The molecule has 4 nitrogen and oxygen atoms in total. The minimum absolute atomic E-state index is 0.0872. The van der Waals surface area contributed by atoms with Crippen LogP contribution in [-0.2, 0) is 0 Å². The van der Waals surface area contributed by atoms with Crippen molar-refractivity contribution in [3.63, 3.8) is 0 Å². The lowest BCUT2D eigenvalue weighted by molar-refractivity contribution is 0.362. The molecule has 0 aliphatic rings. The van der Waals surface area contributed by atoms with Crippen molar-refractivity contribution in [3.05, 3.63) is 17.7 Å². The molecule has 0 bridgehead atoms. The first kappa shape index (κ1) is 13.6. The number of nitrogens with two attached hydrogens (primary N) is 1. The Labute approximate surface area is 103 Å². The molecule has 0 aliphatic heterocycles. The first-order valence-electron chi connectivity index (χ1n) is 5.73. The van der Waals surface area contributed by atoms with E-state index in [1.54, 1.807) is 21.3 Å². The van der Waals surface area contributed by atoms with Crippen molar-refractivity contribution in [2.24, 2.45) is 5.73 Å². The molecule has 1 aromatic rings. The molecule has 2 N–H and O–H groups in total. The van der Waals surface area contributed by atoms with E-state index in [9.17, 15) is 0 Å². The molecule has 0 radical (unpaired) electrons. The molecule has 1 rings (SSSR count). The zero-order valence-electron chi connectivity index (χ0n) is 10.9. The van der Waals surface area contributed by atoms with E-state index in [1.807, 2.05) is 12.1 Å². The molecule has 0 heterocycles. The van der Waals surface area contributed by atoms with Crippen LogP contribution < -0.4 is 19.9 Å². The molecule has 0 saturated heterocycles. The van der Waals surface area contributed by atoms with Crippen LogP contribution in [0.1, 0.15) is 31.4 Å². The Morgan fingerprint density at radius 3 is 1.94 bits per heavy atom. The number of methoxy groups -OCH3 is 3. The summed E-state index contributed by atoms with van der Waals surface area (Å²) < 4.78 is 15.9. The number of hydrogen-bond donors (Lipinski definition) is 1. The largest absolute Gasteiger partial charge is 0.496 e. The van der Waals surface area contributed by atoms with Crippen molar-refractivity contribution < 1.29 is 14.2 Å². The molecule has 0 aliphatic carbocycles. The Bertz CT molecular complexity index is 341. The monoisotopic (exact) mass is 239 g/mol. The topological polar surface area (TPSA) is 53.7 Å². The second-order valence-corrected chi connectivity index (χ2v) is 3.84. The van der Waals surface area contributed by atoms with Gasteiger partial charge < -0.3 is 19.9 Å². The van der Waals surface area contributed by atoms with Gasteiger partial charge in [-0.05, 0) is 6.42 Å². The number of benzene rings is 1. The van der Waals surface area contributed by atoms with E-state index < -0.39 is 0 Å². The highest BCUT2D eigenvalue weighted by molar-refractivity contribution is 5.52. The Morgan fingerprint density at radius 1 is 1.06 bits per heavy atom. The fraction of sp³-hybridized carbons (Fsp3) is 0.538. The molecule has 0 spiro atoms. The van der Waals surface area contributed by atoms with Gasteiger partial charge >= 0.3 is 0 Å². The second kappa shape index (κ2) is 6.35. The van der Waals surface area contributed by atoms with Crippen LogP contribution >= 0.6 is 0 Å². The fourth-order valence-electron chi connectivity index (χ4n) is 1.85. The zero-order chi connectivity index (χ0) is 12.8. The molecule has 1 aromatic carbocycles. The van der Waals surface area contributed by atoms with Crippen LogP contribution in [0.2, 0.25) is 0 Å². The standard InChI is InChI=1S/C13H21NO3/c1-5-6-10(14)13-11(16-3)7-9(15-2)8-12(13)17-4/h7-8,10H,5-6,14H2,1-4H3/t10-/m1/s1. The van der Waals surface area contributed by atoms with E-state index in [-0.39, 0.29) is 6.04 Å². The maximum Gasteiger partial charge on any atom is 0.131 e. The average molecular weight is 239 g/mol. The molecular formula is C13H21NO3. The number of ether oxygens (including phenoxy) is 3. The summed E-state index contributed by atoms with van der Waals surface area (Å²) in [6, 6.07) is 3.57. The third kappa shape index (κ3) is 3.03. The maximum absolute atomic E-state index is 6.15. The molecule has 0 fully saturated rings.